The summed E-state index contributed by atoms with van der Waals surface area (Å²) in [5.41, 5.74) is 6.48. The SMILES string of the molecule is NCC#Cc1cncc(C(=O)NCCc2ccc(Cl)s2)c1. The van der Waals surface area contributed by atoms with Crippen LogP contribution in [0.5, 0.6) is 0 Å². The van der Waals surface area contributed by atoms with Crippen LogP contribution in [0.4, 0.5) is 0 Å². The molecule has 1 amide bonds. The number of amides is 1. The van der Waals surface area contributed by atoms with Gasteiger partial charge in [0, 0.05) is 29.4 Å². The fraction of sp³-hybridized carbons (Fsp3) is 0.200. The lowest BCUT2D eigenvalue weighted by atomic mass is 10.2. The molecule has 0 atom stereocenters. The summed E-state index contributed by atoms with van der Waals surface area (Å²) >= 11 is 7.38. The predicted molar refractivity (Wildman–Crippen MR) is 85.5 cm³/mol. The maximum Gasteiger partial charge on any atom is 0.252 e. The van der Waals surface area contributed by atoms with E-state index in [1.54, 1.807) is 12.3 Å². The van der Waals surface area contributed by atoms with Gasteiger partial charge in [0.2, 0.25) is 0 Å². The molecular formula is C15H14ClN3OS. The summed E-state index contributed by atoms with van der Waals surface area (Å²) in [6, 6.07) is 5.52. The van der Waals surface area contributed by atoms with Crippen LogP contribution < -0.4 is 11.1 Å². The molecule has 0 spiro atoms. The molecule has 3 N–H and O–H groups in total. The summed E-state index contributed by atoms with van der Waals surface area (Å²) < 4.78 is 0.756. The first-order valence-corrected chi connectivity index (χ1v) is 7.55. The molecule has 0 aromatic carbocycles. The first-order chi connectivity index (χ1) is 10.2. The van der Waals surface area contributed by atoms with Crippen molar-refractivity contribution in [2.24, 2.45) is 5.73 Å². The van der Waals surface area contributed by atoms with E-state index in [1.807, 2.05) is 12.1 Å². The molecule has 2 aromatic heterocycles. The Morgan fingerprint density at radius 2 is 2.29 bits per heavy atom. The van der Waals surface area contributed by atoms with Gasteiger partial charge in [0.25, 0.3) is 5.91 Å². The van der Waals surface area contributed by atoms with Crippen LogP contribution in [0.15, 0.2) is 30.6 Å². The quantitative estimate of drug-likeness (QED) is 0.848. The van der Waals surface area contributed by atoms with Gasteiger partial charge in [0.1, 0.15) is 0 Å². The number of nitrogens with zero attached hydrogens (tertiary/aromatic N) is 1. The average Bonchev–Trinajstić information content (AvgIpc) is 2.91. The molecule has 0 bridgehead atoms. The van der Waals surface area contributed by atoms with E-state index in [-0.39, 0.29) is 12.5 Å². The lowest BCUT2D eigenvalue weighted by Gasteiger charge is -2.04. The second-order valence-corrected chi connectivity index (χ2v) is 5.98. The molecule has 0 saturated heterocycles. The minimum Gasteiger partial charge on any atom is -0.352 e. The highest BCUT2D eigenvalue weighted by Crippen LogP contribution is 2.21. The minimum atomic E-state index is -0.165. The maximum atomic E-state index is 12.0. The Hall–Kier alpha value is -1.87. The van der Waals surface area contributed by atoms with E-state index in [0.717, 1.165) is 15.6 Å². The standard InChI is InChI=1S/C15H14ClN3OS/c16-14-4-3-13(21-14)5-7-19-15(20)12-8-11(2-1-6-17)9-18-10-12/h3-4,8-10H,5-7,17H2,(H,19,20). The van der Waals surface area contributed by atoms with Crippen molar-refractivity contribution in [3.63, 3.8) is 0 Å². The molecule has 0 radical (unpaired) electrons. The van der Waals surface area contributed by atoms with E-state index in [1.165, 1.54) is 17.5 Å². The van der Waals surface area contributed by atoms with Gasteiger partial charge in [0.15, 0.2) is 0 Å². The Kier molecular flexibility index (Phi) is 5.76. The zero-order valence-electron chi connectivity index (χ0n) is 11.2. The number of hydrogen-bond donors (Lipinski definition) is 2. The van der Waals surface area contributed by atoms with Crippen molar-refractivity contribution in [1.29, 1.82) is 0 Å². The van der Waals surface area contributed by atoms with Crippen molar-refractivity contribution >= 4 is 28.8 Å². The molecule has 6 heteroatoms. The Morgan fingerprint density at radius 1 is 1.43 bits per heavy atom. The van der Waals surface area contributed by atoms with Crippen molar-refractivity contribution in [3.05, 3.63) is 50.9 Å². The van der Waals surface area contributed by atoms with E-state index in [0.29, 0.717) is 17.7 Å². The van der Waals surface area contributed by atoms with Crippen LogP contribution >= 0.6 is 22.9 Å². The largest absolute Gasteiger partial charge is 0.352 e. The molecule has 4 nitrogen and oxygen atoms in total. The fourth-order valence-electron chi connectivity index (χ4n) is 1.67. The summed E-state index contributed by atoms with van der Waals surface area (Å²) in [6.45, 7) is 0.828. The molecule has 0 unspecified atom stereocenters. The number of nitrogens with two attached hydrogens (primary N) is 1. The maximum absolute atomic E-state index is 12.0. The lowest BCUT2D eigenvalue weighted by molar-refractivity contribution is 0.0954. The topological polar surface area (TPSA) is 68.0 Å². The van der Waals surface area contributed by atoms with Gasteiger partial charge < -0.3 is 11.1 Å². The van der Waals surface area contributed by atoms with Crippen LogP contribution in [-0.2, 0) is 6.42 Å². The van der Waals surface area contributed by atoms with Gasteiger partial charge in [-0.05, 0) is 24.6 Å². The van der Waals surface area contributed by atoms with E-state index in [4.69, 9.17) is 17.3 Å². The summed E-state index contributed by atoms with van der Waals surface area (Å²) in [6.07, 6.45) is 3.88. The smallest absolute Gasteiger partial charge is 0.252 e. The van der Waals surface area contributed by atoms with Gasteiger partial charge in [-0.15, -0.1) is 11.3 Å². The number of hydrogen-bond acceptors (Lipinski definition) is 4. The van der Waals surface area contributed by atoms with Crippen LogP contribution in [-0.4, -0.2) is 24.0 Å². The van der Waals surface area contributed by atoms with Crippen molar-refractivity contribution in [1.82, 2.24) is 10.3 Å². The van der Waals surface area contributed by atoms with E-state index >= 15 is 0 Å². The molecule has 108 valence electrons. The molecular weight excluding hydrogens is 306 g/mol. The zero-order valence-corrected chi connectivity index (χ0v) is 12.8. The summed E-state index contributed by atoms with van der Waals surface area (Å²) in [7, 11) is 0. The van der Waals surface area contributed by atoms with Gasteiger partial charge in [-0.25, -0.2) is 0 Å². The monoisotopic (exact) mass is 319 g/mol. The summed E-state index contributed by atoms with van der Waals surface area (Å²) in [5.74, 6) is 5.42. The Labute approximate surface area is 132 Å². The highest BCUT2D eigenvalue weighted by Gasteiger charge is 2.06. The Bertz CT molecular complexity index is 687. The molecule has 2 rings (SSSR count). The highest BCUT2D eigenvalue weighted by atomic mass is 35.5. The van der Waals surface area contributed by atoms with Crippen LogP contribution in [0.1, 0.15) is 20.8 Å². The predicted octanol–water partition coefficient (Wildman–Crippen LogP) is 2.08. The van der Waals surface area contributed by atoms with Crippen molar-refractivity contribution in [3.8, 4) is 11.8 Å². The Morgan fingerprint density at radius 3 is 3.00 bits per heavy atom. The molecule has 21 heavy (non-hydrogen) atoms. The fourth-order valence-corrected chi connectivity index (χ4v) is 2.76. The number of rotatable bonds is 4. The molecule has 0 fully saturated rings. The molecule has 2 aromatic rings. The van der Waals surface area contributed by atoms with Gasteiger partial charge >= 0.3 is 0 Å². The van der Waals surface area contributed by atoms with Gasteiger partial charge in [-0.2, -0.15) is 0 Å². The second-order valence-electron chi connectivity index (χ2n) is 4.18. The van der Waals surface area contributed by atoms with Crippen molar-refractivity contribution in [2.75, 3.05) is 13.1 Å². The normalized spacial score (nSPS) is 9.81. The van der Waals surface area contributed by atoms with Crippen LogP contribution in [0.2, 0.25) is 4.34 Å². The zero-order chi connectivity index (χ0) is 15.1. The number of thiophene rings is 1. The van der Waals surface area contributed by atoms with Gasteiger partial charge in [0.05, 0.1) is 16.4 Å². The molecule has 0 aliphatic rings. The first-order valence-electron chi connectivity index (χ1n) is 6.35. The van der Waals surface area contributed by atoms with Crippen molar-refractivity contribution < 1.29 is 4.79 Å². The third kappa shape index (κ3) is 4.87. The lowest BCUT2D eigenvalue weighted by Crippen LogP contribution is -2.25. The number of halogens is 1. The van der Waals surface area contributed by atoms with E-state index < -0.39 is 0 Å². The number of aromatic nitrogens is 1. The summed E-state index contributed by atoms with van der Waals surface area (Å²) in [4.78, 5) is 17.2. The number of nitrogens with one attached hydrogen (secondary N) is 1. The van der Waals surface area contributed by atoms with Crippen LogP contribution in [0, 0.1) is 11.8 Å². The highest BCUT2D eigenvalue weighted by molar-refractivity contribution is 7.16. The summed E-state index contributed by atoms with van der Waals surface area (Å²) in [5, 5.41) is 2.85. The molecule has 0 saturated carbocycles. The Balaban J connectivity index is 1.91. The van der Waals surface area contributed by atoms with E-state index in [2.05, 4.69) is 22.1 Å². The minimum absolute atomic E-state index is 0.165. The van der Waals surface area contributed by atoms with Crippen LogP contribution in [0.3, 0.4) is 0 Å². The van der Waals surface area contributed by atoms with Crippen molar-refractivity contribution in [2.45, 2.75) is 6.42 Å². The third-order valence-electron chi connectivity index (χ3n) is 2.62. The number of pyridine rings is 1. The molecule has 0 aliphatic carbocycles. The van der Waals surface area contributed by atoms with Crippen LogP contribution in [0.25, 0.3) is 0 Å². The van der Waals surface area contributed by atoms with Gasteiger partial charge in [-0.1, -0.05) is 23.4 Å². The second kappa shape index (κ2) is 7.79. The van der Waals surface area contributed by atoms with E-state index in [9.17, 15) is 4.79 Å². The molecule has 2 heterocycles. The number of carbonyl (C=O) groups excluding carboxylic acids is 1. The molecule has 0 aliphatic heterocycles. The third-order valence-corrected chi connectivity index (χ3v) is 3.91. The van der Waals surface area contributed by atoms with Gasteiger partial charge in [-0.3, -0.25) is 9.78 Å². The number of carbonyl (C=O) groups is 1. The first kappa shape index (κ1) is 15.5. The average molecular weight is 320 g/mol.